The monoisotopic (exact) mass is 370 g/mol. The molecule has 1 N–H and O–H groups in total. The second-order valence-electron chi connectivity index (χ2n) is 6.63. The minimum Gasteiger partial charge on any atom is -0.463 e. The van der Waals surface area contributed by atoms with Gasteiger partial charge in [0.15, 0.2) is 0 Å². The first kappa shape index (κ1) is 17.0. The third kappa shape index (κ3) is 5.44. The Morgan fingerprint density at radius 1 is 1.45 bits per heavy atom. The molecule has 0 saturated carbocycles. The maximum absolute atomic E-state index is 12.2. The van der Waals surface area contributed by atoms with Gasteiger partial charge in [0.05, 0.1) is 11.1 Å². The highest BCUT2D eigenvalue weighted by atomic mass is 79.9. The minimum absolute atomic E-state index is 0.00269. The van der Waals surface area contributed by atoms with Crippen molar-refractivity contribution in [2.75, 3.05) is 19.7 Å². The van der Waals surface area contributed by atoms with Crippen molar-refractivity contribution in [3.8, 4) is 6.01 Å². The van der Waals surface area contributed by atoms with Crippen molar-refractivity contribution in [2.24, 2.45) is 5.92 Å². The molecular formula is C15H23BrN4O2. The van der Waals surface area contributed by atoms with Gasteiger partial charge in [-0.25, -0.2) is 14.8 Å². The fourth-order valence-electron chi connectivity index (χ4n) is 2.35. The van der Waals surface area contributed by atoms with Gasteiger partial charge in [0.2, 0.25) is 0 Å². The lowest BCUT2D eigenvalue weighted by Crippen LogP contribution is -2.51. The van der Waals surface area contributed by atoms with Gasteiger partial charge in [-0.3, -0.25) is 0 Å². The molecule has 1 fully saturated rings. The number of carbonyl (C=O) groups excluding carboxylic acids is 1. The second kappa shape index (κ2) is 7.26. The SMILES string of the molecule is CC(C)(C)NC(=O)N1CCCC(COc2ncc(Br)cn2)C1. The Morgan fingerprint density at radius 2 is 2.14 bits per heavy atom. The molecule has 1 saturated heterocycles. The summed E-state index contributed by atoms with van der Waals surface area (Å²) in [6.07, 6.45) is 5.36. The van der Waals surface area contributed by atoms with Gasteiger partial charge in [0, 0.05) is 36.9 Å². The summed E-state index contributed by atoms with van der Waals surface area (Å²) in [7, 11) is 0. The quantitative estimate of drug-likeness (QED) is 0.887. The molecule has 22 heavy (non-hydrogen) atoms. The molecule has 7 heteroatoms. The summed E-state index contributed by atoms with van der Waals surface area (Å²) in [5.74, 6) is 0.312. The van der Waals surface area contributed by atoms with Crippen molar-refractivity contribution in [3.05, 3.63) is 16.9 Å². The Labute approximate surface area is 139 Å². The van der Waals surface area contributed by atoms with Crippen LogP contribution in [0.25, 0.3) is 0 Å². The number of halogens is 1. The number of hydrogen-bond donors (Lipinski definition) is 1. The molecular weight excluding hydrogens is 348 g/mol. The summed E-state index contributed by atoms with van der Waals surface area (Å²) >= 11 is 3.29. The van der Waals surface area contributed by atoms with Gasteiger partial charge in [-0.2, -0.15) is 0 Å². The average molecular weight is 371 g/mol. The molecule has 1 aliphatic rings. The number of aromatic nitrogens is 2. The van der Waals surface area contributed by atoms with E-state index in [0.29, 0.717) is 25.1 Å². The summed E-state index contributed by atoms with van der Waals surface area (Å²) in [5.41, 5.74) is -0.216. The van der Waals surface area contributed by atoms with Gasteiger partial charge in [-0.15, -0.1) is 0 Å². The zero-order valence-electron chi connectivity index (χ0n) is 13.3. The minimum atomic E-state index is -0.216. The lowest BCUT2D eigenvalue weighted by atomic mass is 9.99. The van der Waals surface area contributed by atoms with Gasteiger partial charge < -0.3 is 15.0 Å². The maximum Gasteiger partial charge on any atom is 0.317 e. The first-order chi connectivity index (χ1) is 10.3. The van der Waals surface area contributed by atoms with Crippen LogP contribution in [-0.4, -0.2) is 46.1 Å². The van der Waals surface area contributed by atoms with Gasteiger partial charge >= 0.3 is 12.0 Å². The molecule has 2 heterocycles. The van der Waals surface area contributed by atoms with Crippen LogP contribution in [0.3, 0.4) is 0 Å². The molecule has 1 aromatic heterocycles. The standard InChI is InChI=1S/C15H23BrN4O2/c1-15(2,3)19-14(21)20-6-4-5-11(9-20)10-22-13-17-7-12(16)8-18-13/h7-8,11H,4-6,9-10H2,1-3H3,(H,19,21). The zero-order chi connectivity index (χ0) is 16.2. The normalized spacial score (nSPS) is 18.9. The largest absolute Gasteiger partial charge is 0.463 e. The predicted molar refractivity (Wildman–Crippen MR) is 87.8 cm³/mol. The van der Waals surface area contributed by atoms with E-state index in [0.717, 1.165) is 23.9 Å². The number of piperidine rings is 1. The molecule has 2 rings (SSSR count). The maximum atomic E-state index is 12.2. The third-order valence-corrected chi connectivity index (χ3v) is 3.74. The number of amides is 2. The lowest BCUT2D eigenvalue weighted by molar-refractivity contribution is 0.129. The van der Waals surface area contributed by atoms with Crippen molar-refractivity contribution in [2.45, 2.75) is 39.2 Å². The Balaban J connectivity index is 1.82. The molecule has 6 nitrogen and oxygen atoms in total. The van der Waals surface area contributed by atoms with Crippen LogP contribution in [-0.2, 0) is 0 Å². The van der Waals surface area contributed by atoms with Gasteiger partial charge in [-0.05, 0) is 49.5 Å². The van der Waals surface area contributed by atoms with E-state index in [-0.39, 0.29) is 11.6 Å². The number of hydrogen-bond acceptors (Lipinski definition) is 4. The Bertz CT molecular complexity index is 501. The van der Waals surface area contributed by atoms with Gasteiger partial charge in [0.1, 0.15) is 0 Å². The number of likely N-dealkylation sites (tertiary alicyclic amines) is 1. The van der Waals surface area contributed by atoms with Gasteiger partial charge in [0.25, 0.3) is 0 Å². The van der Waals surface area contributed by atoms with Crippen LogP contribution in [0, 0.1) is 5.92 Å². The van der Waals surface area contributed by atoms with Crippen LogP contribution in [0.15, 0.2) is 16.9 Å². The van der Waals surface area contributed by atoms with E-state index in [1.165, 1.54) is 0 Å². The first-order valence-electron chi connectivity index (χ1n) is 7.51. The molecule has 1 aromatic rings. The third-order valence-electron chi connectivity index (χ3n) is 3.33. The number of nitrogens with one attached hydrogen (secondary N) is 1. The van der Waals surface area contributed by atoms with E-state index in [9.17, 15) is 4.79 Å². The highest BCUT2D eigenvalue weighted by molar-refractivity contribution is 9.10. The van der Waals surface area contributed by atoms with Crippen molar-refractivity contribution in [1.29, 1.82) is 0 Å². The number of urea groups is 1. The molecule has 122 valence electrons. The average Bonchev–Trinajstić information content (AvgIpc) is 2.45. The lowest BCUT2D eigenvalue weighted by Gasteiger charge is -2.34. The van der Waals surface area contributed by atoms with E-state index in [4.69, 9.17) is 4.74 Å². The molecule has 0 aliphatic carbocycles. The summed E-state index contributed by atoms with van der Waals surface area (Å²) in [5, 5.41) is 3.01. The van der Waals surface area contributed by atoms with E-state index < -0.39 is 0 Å². The molecule has 1 atom stereocenters. The van der Waals surface area contributed by atoms with Crippen molar-refractivity contribution in [1.82, 2.24) is 20.2 Å². The van der Waals surface area contributed by atoms with E-state index in [2.05, 4.69) is 31.2 Å². The first-order valence-corrected chi connectivity index (χ1v) is 8.30. The van der Waals surface area contributed by atoms with Gasteiger partial charge in [-0.1, -0.05) is 0 Å². The molecule has 0 spiro atoms. The van der Waals surface area contributed by atoms with Crippen LogP contribution in [0.4, 0.5) is 4.79 Å². The predicted octanol–water partition coefficient (Wildman–Crippen LogP) is 2.84. The van der Waals surface area contributed by atoms with Crippen LogP contribution < -0.4 is 10.1 Å². The smallest absolute Gasteiger partial charge is 0.317 e. The number of carbonyl (C=O) groups is 1. The summed E-state index contributed by atoms with van der Waals surface area (Å²) < 4.78 is 6.45. The van der Waals surface area contributed by atoms with Crippen molar-refractivity contribution >= 4 is 22.0 Å². The Hall–Kier alpha value is -1.37. The molecule has 1 aliphatic heterocycles. The molecule has 1 unspecified atom stereocenters. The topological polar surface area (TPSA) is 67.4 Å². The van der Waals surface area contributed by atoms with Crippen LogP contribution in [0.2, 0.25) is 0 Å². The van der Waals surface area contributed by atoms with E-state index >= 15 is 0 Å². The number of rotatable bonds is 3. The highest BCUT2D eigenvalue weighted by Gasteiger charge is 2.26. The Kier molecular flexibility index (Phi) is 5.61. The van der Waals surface area contributed by atoms with Crippen LogP contribution in [0.5, 0.6) is 6.01 Å². The number of nitrogens with zero attached hydrogens (tertiary/aromatic N) is 3. The summed E-state index contributed by atoms with van der Waals surface area (Å²) in [4.78, 5) is 22.3. The molecule has 2 amide bonds. The fraction of sp³-hybridized carbons (Fsp3) is 0.667. The second-order valence-corrected chi connectivity index (χ2v) is 7.54. The van der Waals surface area contributed by atoms with Crippen LogP contribution in [0.1, 0.15) is 33.6 Å². The summed E-state index contributed by atoms with van der Waals surface area (Å²) in [6, 6.07) is 0.372. The number of ether oxygens (including phenoxy) is 1. The molecule has 0 bridgehead atoms. The van der Waals surface area contributed by atoms with E-state index in [1.807, 2.05) is 25.7 Å². The zero-order valence-corrected chi connectivity index (χ0v) is 14.9. The van der Waals surface area contributed by atoms with E-state index in [1.54, 1.807) is 12.4 Å². The van der Waals surface area contributed by atoms with Crippen LogP contribution >= 0.6 is 15.9 Å². The Morgan fingerprint density at radius 3 is 2.77 bits per heavy atom. The molecule has 0 radical (unpaired) electrons. The summed E-state index contributed by atoms with van der Waals surface area (Å²) in [6.45, 7) is 7.99. The fourth-order valence-corrected chi connectivity index (χ4v) is 2.56. The van der Waals surface area contributed by atoms with Crippen molar-refractivity contribution < 1.29 is 9.53 Å². The highest BCUT2D eigenvalue weighted by Crippen LogP contribution is 2.18. The van der Waals surface area contributed by atoms with Crippen molar-refractivity contribution in [3.63, 3.8) is 0 Å². The molecule has 0 aromatic carbocycles.